The Morgan fingerprint density at radius 2 is 1.44 bits per heavy atom. The van der Waals surface area contributed by atoms with Gasteiger partial charge in [0.2, 0.25) is 11.8 Å². The standard InChI is InChI=1S/C30H51N3O2S/c1-3-4-5-6-7-8-9-10-11-12-13-14-15-16-17-26(22-29-33-28(23-36-29)30(31)35)25-18-20-27(21-19-25)32-24(2)34/h18-21,26,28-29,33H,3-17,22-23H2,1-2H3,(H2,31,35)(H,32,34). The molecule has 1 aliphatic heterocycles. The van der Waals surface area contributed by atoms with Crippen LogP contribution < -0.4 is 16.4 Å². The fourth-order valence-corrected chi connectivity index (χ4v) is 6.45. The van der Waals surface area contributed by atoms with E-state index in [0.717, 1.165) is 24.3 Å². The molecule has 0 aliphatic carbocycles. The summed E-state index contributed by atoms with van der Waals surface area (Å²) in [5.74, 6) is 0.886. The van der Waals surface area contributed by atoms with Gasteiger partial charge in [0.05, 0.1) is 11.4 Å². The van der Waals surface area contributed by atoms with Gasteiger partial charge >= 0.3 is 0 Å². The van der Waals surface area contributed by atoms with Gasteiger partial charge in [-0.2, -0.15) is 0 Å². The molecule has 5 nitrogen and oxygen atoms in total. The normalized spacial score (nSPS) is 18.3. The number of primary amides is 1. The summed E-state index contributed by atoms with van der Waals surface area (Å²) >= 11 is 1.81. The summed E-state index contributed by atoms with van der Waals surface area (Å²) < 4.78 is 0. The Morgan fingerprint density at radius 1 is 0.917 bits per heavy atom. The maximum absolute atomic E-state index is 11.6. The van der Waals surface area contributed by atoms with E-state index in [1.54, 1.807) is 0 Å². The lowest BCUT2D eigenvalue weighted by atomic mass is 9.89. The Balaban J connectivity index is 1.67. The molecule has 0 saturated carbocycles. The molecule has 0 aromatic heterocycles. The molecule has 4 N–H and O–H groups in total. The topological polar surface area (TPSA) is 84.2 Å². The highest BCUT2D eigenvalue weighted by molar-refractivity contribution is 8.00. The maximum atomic E-state index is 11.6. The van der Waals surface area contributed by atoms with Crippen molar-refractivity contribution in [3.05, 3.63) is 29.8 Å². The Labute approximate surface area is 224 Å². The van der Waals surface area contributed by atoms with E-state index in [0.29, 0.717) is 5.92 Å². The van der Waals surface area contributed by atoms with Crippen molar-refractivity contribution in [1.29, 1.82) is 0 Å². The van der Waals surface area contributed by atoms with E-state index in [1.807, 2.05) is 23.9 Å². The van der Waals surface area contributed by atoms with Crippen molar-refractivity contribution < 1.29 is 9.59 Å². The molecular formula is C30H51N3O2S. The van der Waals surface area contributed by atoms with Crippen molar-refractivity contribution >= 4 is 29.3 Å². The van der Waals surface area contributed by atoms with E-state index in [4.69, 9.17) is 5.73 Å². The number of carbonyl (C=O) groups excluding carboxylic acids is 2. The van der Waals surface area contributed by atoms with Gasteiger partial charge in [0.25, 0.3) is 0 Å². The monoisotopic (exact) mass is 517 g/mol. The molecule has 3 atom stereocenters. The summed E-state index contributed by atoms with van der Waals surface area (Å²) in [6, 6.07) is 8.06. The predicted molar refractivity (Wildman–Crippen MR) is 155 cm³/mol. The number of nitrogens with one attached hydrogen (secondary N) is 2. The van der Waals surface area contributed by atoms with Gasteiger partial charge in [-0.3, -0.25) is 14.9 Å². The molecular weight excluding hydrogens is 466 g/mol. The lowest BCUT2D eigenvalue weighted by Crippen LogP contribution is -2.41. The molecule has 2 rings (SSSR count). The minimum absolute atomic E-state index is 0.0502. The molecule has 0 spiro atoms. The van der Waals surface area contributed by atoms with Gasteiger partial charge in [0, 0.05) is 18.4 Å². The number of hydrogen-bond acceptors (Lipinski definition) is 4. The Morgan fingerprint density at radius 3 is 1.92 bits per heavy atom. The third-order valence-electron chi connectivity index (χ3n) is 7.30. The van der Waals surface area contributed by atoms with E-state index < -0.39 is 0 Å². The van der Waals surface area contributed by atoms with Crippen LogP contribution in [0.5, 0.6) is 0 Å². The second-order valence-corrected chi connectivity index (χ2v) is 11.8. The molecule has 1 fully saturated rings. The smallest absolute Gasteiger partial charge is 0.235 e. The van der Waals surface area contributed by atoms with Crippen molar-refractivity contribution in [2.24, 2.45) is 5.73 Å². The molecule has 6 heteroatoms. The third kappa shape index (κ3) is 13.1. The van der Waals surface area contributed by atoms with Gasteiger partial charge in [-0.05, 0) is 36.5 Å². The first-order valence-electron chi connectivity index (χ1n) is 14.5. The van der Waals surface area contributed by atoms with Crippen LogP contribution in [0.15, 0.2) is 24.3 Å². The fourth-order valence-electron chi connectivity index (χ4n) is 5.14. The molecule has 1 aromatic carbocycles. The van der Waals surface area contributed by atoms with Crippen molar-refractivity contribution in [3.8, 4) is 0 Å². The molecule has 1 aromatic rings. The van der Waals surface area contributed by atoms with Gasteiger partial charge in [0.15, 0.2) is 0 Å². The molecule has 1 saturated heterocycles. The molecule has 1 heterocycles. The van der Waals surface area contributed by atoms with Crippen molar-refractivity contribution in [3.63, 3.8) is 0 Å². The molecule has 0 radical (unpaired) electrons. The number of carbonyl (C=O) groups is 2. The van der Waals surface area contributed by atoms with Gasteiger partial charge in [-0.25, -0.2) is 0 Å². The zero-order valence-corrected chi connectivity index (χ0v) is 23.7. The summed E-state index contributed by atoms with van der Waals surface area (Å²) in [4.78, 5) is 22.9. The first-order valence-corrected chi connectivity index (χ1v) is 15.6. The fraction of sp³-hybridized carbons (Fsp3) is 0.733. The maximum Gasteiger partial charge on any atom is 0.235 e. The molecule has 1 aliphatic rings. The number of benzene rings is 1. The van der Waals surface area contributed by atoms with Crippen LogP contribution in [0.1, 0.15) is 128 Å². The first kappa shape index (κ1) is 30.7. The van der Waals surface area contributed by atoms with Crippen LogP contribution in [0, 0.1) is 0 Å². The molecule has 0 bridgehead atoms. The quantitative estimate of drug-likeness (QED) is 0.156. The number of rotatable bonds is 20. The largest absolute Gasteiger partial charge is 0.368 e. The third-order valence-corrected chi connectivity index (χ3v) is 8.56. The summed E-state index contributed by atoms with van der Waals surface area (Å²) in [7, 11) is 0. The lowest BCUT2D eigenvalue weighted by molar-refractivity contribution is -0.119. The van der Waals surface area contributed by atoms with Crippen LogP contribution in [0.25, 0.3) is 0 Å². The number of anilines is 1. The van der Waals surface area contributed by atoms with Crippen LogP contribution in [0.4, 0.5) is 5.69 Å². The van der Waals surface area contributed by atoms with Crippen LogP contribution in [-0.2, 0) is 9.59 Å². The van der Waals surface area contributed by atoms with E-state index in [1.165, 1.54) is 102 Å². The van der Waals surface area contributed by atoms with E-state index >= 15 is 0 Å². The SMILES string of the molecule is CCCCCCCCCCCCCCCCC(CC1NC(C(N)=O)CS1)c1ccc(NC(C)=O)cc1. The highest BCUT2D eigenvalue weighted by atomic mass is 32.2. The van der Waals surface area contributed by atoms with E-state index in [2.05, 4.69) is 29.7 Å². The van der Waals surface area contributed by atoms with Gasteiger partial charge in [-0.1, -0.05) is 109 Å². The number of unbranched alkanes of at least 4 members (excludes halogenated alkanes) is 13. The van der Waals surface area contributed by atoms with Crippen molar-refractivity contribution in [1.82, 2.24) is 5.32 Å². The van der Waals surface area contributed by atoms with Crippen molar-refractivity contribution in [2.45, 2.75) is 134 Å². The molecule has 2 amide bonds. The summed E-state index contributed by atoms with van der Waals surface area (Å²) in [5.41, 5.74) is 7.65. The molecule has 36 heavy (non-hydrogen) atoms. The van der Waals surface area contributed by atoms with E-state index in [-0.39, 0.29) is 23.2 Å². The molecule has 3 unspecified atom stereocenters. The summed E-state index contributed by atoms with van der Waals surface area (Å²) in [6.45, 7) is 3.81. The average Bonchev–Trinajstić information content (AvgIpc) is 3.33. The van der Waals surface area contributed by atoms with E-state index in [9.17, 15) is 9.59 Å². The number of amides is 2. The van der Waals surface area contributed by atoms with Crippen molar-refractivity contribution in [2.75, 3.05) is 11.1 Å². The Hall–Kier alpha value is -1.53. The van der Waals surface area contributed by atoms with Gasteiger partial charge in [0.1, 0.15) is 0 Å². The Kier molecular flexibility index (Phi) is 15.9. The van der Waals surface area contributed by atoms with Gasteiger partial charge < -0.3 is 11.1 Å². The number of nitrogens with two attached hydrogens (primary N) is 1. The second-order valence-electron chi connectivity index (χ2n) is 10.6. The average molecular weight is 518 g/mol. The van der Waals surface area contributed by atoms with Crippen LogP contribution in [0.3, 0.4) is 0 Å². The van der Waals surface area contributed by atoms with Crippen LogP contribution in [-0.4, -0.2) is 29.0 Å². The lowest BCUT2D eigenvalue weighted by Gasteiger charge is -2.22. The highest BCUT2D eigenvalue weighted by Gasteiger charge is 2.30. The summed E-state index contributed by atoms with van der Waals surface area (Å²) in [5, 5.41) is 6.52. The number of thioether (sulfide) groups is 1. The zero-order valence-electron chi connectivity index (χ0n) is 22.9. The zero-order chi connectivity index (χ0) is 26.0. The minimum Gasteiger partial charge on any atom is -0.368 e. The first-order chi connectivity index (χ1) is 17.5. The molecule has 204 valence electrons. The highest BCUT2D eigenvalue weighted by Crippen LogP contribution is 2.33. The van der Waals surface area contributed by atoms with Crippen LogP contribution in [0.2, 0.25) is 0 Å². The predicted octanol–water partition coefficient (Wildman–Crippen LogP) is 7.51. The minimum atomic E-state index is -0.256. The second kappa shape index (κ2) is 18.7. The summed E-state index contributed by atoms with van der Waals surface area (Å²) in [6.07, 6.45) is 21.4. The number of hydrogen-bond donors (Lipinski definition) is 3. The van der Waals surface area contributed by atoms with Gasteiger partial charge in [-0.15, -0.1) is 11.8 Å². The Bertz CT molecular complexity index is 740. The van der Waals surface area contributed by atoms with Crippen LogP contribution >= 0.6 is 11.8 Å².